The summed E-state index contributed by atoms with van der Waals surface area (Å²) in [4.78, 5) is 42.9. The first-order valence-corrected chi connectivity index (χ1v) is 23.6. The van der Waals surface area contributed by atoms with Gasteiger partial charge in [0.2, 0.25) is 0 Å². The molecule has 0 aromatic heterocycles. The fourth-order valence-electron chi connectivity index (χ4n) is 6.69. The molecule has 310 valence electrons. The third kappa shape index (κ3) is 41.8. The van der Waals surface area contributed by atoms with Crippen molar-refractivity contribution in [2.45, 2.75) is 239 Å². The van der Waals surface area contributed by atoms with Gasteiger partial charge in [-0.15, -0.1) is 0 Å². The molecule has 0 aromatic carbocycles. The lowest BCUT2D eigenvalue weighted by Gasteiger charge is -2.18. The van der Waals surface area contributed by atoms with Crippen LogP contribution in [0.25, 0.3) is 0 Å². The number of phosphoric acid groups is 1. The second kappa shape index (κ2) is 37.0. The zero-order valence-corrected chi connectivity index (χ0v) is 35.5. The van der Waals surface area contributed by atoms with E-state index in [9.17, 15) is 14.2 Å². The summed E-state index contributed by atoms with van der Waals surface area (Å²) < 4.78 is 26.4. The van der Waals surface area contributed by atoms with Crippen molar-refractivity contribution in [2.75, 3.05) is 13.2 Å². The molecule has 8 nitrogen and oxygen atoms in total. The smallest absolute Gasteiger partial charge is 0.462 e. The summed E-state index contributed by atoms with van der Waals surface area (Å²) in [6.45, 7) is 8.40. The number of carbonyl (C=O) groups is 2. The molecule has 0 heterocycles. The number of carbonyl (C=O) groups excluding carboxylic acids is 2. The minimum atomic E-state index is -4.75. The average molecular weight is 761 g/mol. The molecule has 0 radical (unpaired) electrons. The van der Waals surface area contributed by atoms with Crippen LogP contribution in [0.3, 0.4) is 0 Å². The molecule has 0 aliphatic rings. The number of esters is 2. The number of phosphoric ester groups is 1. The molecule has 0 saturated carbocycles. The standard InChI is InChI=1S/C43H85O8P/c1-39(2)33-29-25-21-17-13-9-6-5-7-11-15-19-23-27-31-35-42(44)49-37-41(38-50-52(46,47)48)51-43(45)36-32-28-24-20-16-12-8-10-14-18-22-26-30-34-40(3)4/h39-41H,5-38H2,1-4H3,(H2,46,47,48)/t41-/m1/s1. The van der Waals surface area contributed by atoms with E-state index in [-0.39, 0.29) is 19.4 Å². The van der Waals surface area contributed by atoms with Crippen molar-refractivity contribution in [1.82, 2.24) is 0 Å². The van der Waals surface area contributed by atoms with Gasteiger partial charge in [0.15, 0.2) is 6.10 Å². The fourth-order valence-corrected chi connectivity index (χ4v) is 7.05. The molecule has 0 aliphatic heterocycles. The molecule has 0 bridgehead atoms. The van der Waals surface area contributed by atoms with Crippen LogP contribution in [0.4, 0.5) is 0 Å². The summed E-state index contributed by atoms with van der Waals surface area (Å²) in [7, 11) is -4.75. The summed E-state index contributed by atoms with van der Waals surface area (Å²) in [5.41, 5.74) is 0. The summed E-state index contributed by atoms with van der Waals surface area (Å²) in [6.07, 6.45) is 36.9. The van der Waals surface area contributed by atoms with E-state index in [0.29, 0.717) is 6.42 Å². The van der Waals surface area contributed by atoms with Crippen molar-refractivity contribution in [3.8, 4) is 0 Å². The fraction of sp³-hybridized carbons (Fsp3) is 0.953. The minimum Gasteiger partial charge on any atom is -0.462 e. The van der Waals surface area contributed by atoms with Crippen molar-refractivity contribution in [3.63, 3.8) is 0 Å². The normalized spacial score (nSPS) is 12.5. The lowest BCUT2D eigenvalue weighted by molar-refractivity contribution is -0.161. The number of rotatable bonds is 40. The monoisotopic (exact) mass is 761 g/mol. The van der Waals surface area contributed by atoms with E-state index in [1.54, 1.807) is 0 Å². The Morgan fingerprint density at radius 2 is 0.731 bits per heavy atom. The maximum atomic E-state index is 12.4. The summed E-state index contributed by atoms with van der Waals surface area (Å²) >= 11 is 0. The van der Waals surface area contributed by atoms with Gasteiger partial charge in [-0.25, -0.2) is 4.57 Å². The Labute approximate surface area is 321 Å². The van der Waals surface area contributed by atoms with Gasteiger partial charge in [-0.2, -0.15) is 0 Å². The molecule has 2 N–H and O–H groups in total. The highest BCUT2D eigenvalue weighted by Crippen LogP contribution is 2.36. The molecular weight excluding hydrogens is 675 g/mol. The van der Waals surface area contributed by atoms with Crippen LogP contribution >= 0.6 is 7.82 Å². The number of hydrogen-bond donors (Lipinski definition) is 2. The Morgan fingerprint density at radius 1 is 0.442 bits per heavy atom. The predicted molar refractivity (Wildman–Crippen MR) is 216 cm³/mol. The zero-order chi connectivity index (χ0) is 38.5. The van der Waals surface area contributed by atoms with Gasteiger partial charge in [-0.3, -0.25) is 14.1 Å². The lowest BCUT2D eigenvalue weighted by atomic mass is 10.0. The van der Waals surface area contributed by atoms with Crippen LogP contribution < -0.4 is 0 Å². The maximum absolute atomic E-state index is 12.4. The quantitative estimate of drug-likeness (QED) is 0.0360. The van der Waals surface area contributed by atoms with E-state index >= 15 is 0 Å². The van der Waals surface area contributed by atoms with Gasteiger partial charge in [0.05, 0.1) is 6.61 Å². The SMILES string of the molecule is CC(C)CCCCCCCCCCCCCCCCCC(=O)OC[C@H](COP(=O)(O)O)OC(=O)CCCCCCCCCCCCCCCC(C)C. The van der Waals surface area contributed by atoms with Crippen molar-refractivity contribution in [3.05, 3.63) is 0 Å². The molecule has 0 spiro atoms. The number of ether oxygens (including phenoxy) is 2. The van der Waals surface area contributed by atoms with E-state index < -0.39 is 32.5 Å². The predicted octanol–water partition coefficient (Wildman–Crippen LogP) is 13.3. The topological polar surface area (TPSA) is 119 Å². The first-order chi connectivity index (χ1) is 25.0. The van der Waals surface area contributed by atoms with Crippen LogP contribution in [0, 0.1) is 11.8 Å². The Hall–Kier alpha value is -0.950. The van der Waals surface area contributed by atoms with Crippen LogP contribution in [-0.2, 0) is 28.2 Å². The van der Waals surface area contributed by atoms with Gasteiger partial charge in [-0.1, -0.05) is 207 Å². The highest BCUT2D eigenvalue weighted by atomic mass is 31.2. The molecule has 52 heavy (non-hydrogen) atoms. The average Bonchev–Trinajstić information content (AvgIpc) is 3.08. The van der Waals surface area contributed by atoms with E-state index in [2.05, 4.69) is 32.2 Å². The molecule has 1 atom stereocenters. The van der Waals surface area contributed by atoms with Crippen LogP contribution in [0.1, 0.15) is 233 Å². The highest BCUT2D eigenvalue weighted by molar-refractivity contribution is 7.46. The second-order valence-electron chi connectivity index (χ2n) is 16.3. The van der Waals surface area contributed by atoms with Crippen LogP contribution in [0.5, 0.6) is 0 Å². The summed E-state index contributed by atoms with van der Waals surface area (Å²) in [6, 6.07) is 0. The molecule has 0 saturated heterocycles. The Balaban J connectivity index is 3.84. The highest BCUT2D eigenvalue weighted by Gasteiger charge is 2.23. The molecule has 0 fully saturated rings. The van der Waals surface area contributed by atoms with Crippen molar-refractivity contribution < 1.29 is 37.9 Å². The van der Waals surface area contributed by atoms with Crippen molar-refractivity contribution in [1.29, 1.82) is 0 Å². The van der Waals surface area contributed by atoms with Gasteiger partial charge >= 0.3 is 19.8 Å². The molecule has 0 rings (SSSR count). The van der Waals surface area contributed by atoms with Gasteiger partial charge in [0.1, 0.15) is 6.61 Å². The zero-order valence-electron chi connectivity index (χ0n) is 34.6. The van der Waals surface area contributed by atoms with Gasteiger partial charge in [-0.05, 0) is 24.7 Å². The van der Waals surface area contributed by atoms with Gasteiger partial charge in [0.25, 0.3) is 0 Å². The maximum Gasteiger partial charge on any atom is 0.469 e. The van der Waals surface area contributed by atoms with Gasteiger partial charge in [0, 0.05) is 12.8 Å². The van der Waals surface area contributed by atoms with E-state index in [0.717, 1.165) is 50.4 Å². The van der Waals surface area contributed by atoms with Crippen LogP contribution in [0.2, 0.25) is 0 Å². The largest absolute Gasteiger partial charge is 0.469 e. The Kier molecular flexibility index (Phi) is 36.3. The van der Waals surface area contributed by atoms with Gasteiger partial charge < -0.3 is 19.3 Å². The Morgan fingerprint density at radius 3 is 1.04 bits per heavy atom. The molecule has 0 unspecified atom stereocenters. The van der Waals surface area contributed by atoms with E-state index in [1.165, 1.54) is 148 Å². The first kappa shape index (κ1) is 51.0. The molecule has 0 aromatic rings. The minimum absolute atomic E-state index is 0.219. The summed E-state index contributed by atoms with van der Waals surface area (Å²) in [5, 5.41) is 0. The Bertz CT molecular complexity index is 843. The van der Waals surface area contributed by atoms with Crippen molar-refractivity contribution >= 4 is 19.8 Å². The summed E-state index contributed by atoms with van der Waals surface area (Å²) in [5.74, 6) is 0.794. The van der Waals surface area contributed by atoms with E-state index in [1.807, 2.05) is 0 Å². The number of unbranched alkanes of at least 4 members (excludes halogenated alkanes) is 26. The second-order valence-corrected chi connectivity index (χ2v) is 17.6. The molecular formula is C43H85O8P. The lowest BCUT2D eigenvalue weighted by Crippen LogP contribution is -2.29. The van der Waals surface area contributed by atoms with E-state index in [4.69, 9.17) is 19.3 Å². The third-order valence-corrected chi connectivity index (χ3v) is 10.5. The van der Waals surface area contributed by atoms with Crippen LogP contribution in [0.15, 0.2) is 0 Å². The van der Waals surface area contributed by atoms with Crippen molar-refractivity contribution in [2.24, 2.45) is 11.8 Å². The van der Waals surface area contributed by atoms with Crippen LogP contribution in [-0.4, -0.2) is 41.0 Å². The third-order valence-electron chi connectivity index (χ3n) is 9.98. The number of hydrogen-bond acceptors (Lipinski definition) is 6. The molecule has 0 aliphatic carbocycles. The first-order valence-electron chi connectivity index (χ1n) is 22.0. The molecule has 9 heteroatoms. The molecule has 0 amide bonds.